The van der Waals surface area contributed by atoms with Crippen molar-refractivity contribution in [2.24, 2.45) is 16.8 Å². The fraction of sp³-hybridized carbons (Fsp3) is 0.900. The van der Waals surface area contributed by atoms with Crippen LogP contribution >= 0.6 is 24.0 Å². The Morgan fingerprint density at radius 1 is 1.19 bits per heavy atom. The minimum atomic E-state index is 0. The van der Waals surface area contributed by atoms with Crippen molar-refractivity contribution in [2.45, 2.75) is 65.5 Å². The smallest absolute Gasteiger partial charge is 0.222 e. The average Bonchev–Trinajstić information content (AvgIpc) is 3.05. The molecule has 2 heterocycles. The first-order chi connectivity index (χ1) is 12.2. The molecule has 1 amide bonds. The molecule has 0 aliphatic carbocycles. The van der Waals surface area contributed by atoms with E-state index < -0.39 is 0 Å². The number of rotatable bonds is 5. The minimum absolute atomic E-state index is 0. The standard InChI is InChI=1S/C20H39N5O.HI/c1-7-18(26)24-9-8-17(13-24)23-19(21-6)22-14-20(4,5)25-11-15(2)10-16(3)12-25;/h15-17H,7-14H2,1-6H3,(H2,21,22,23);1H. The average molecular weight is 493 g/mol. The van der Waals surface area contributed by atoms with Gasteiger partial charge in [-0.2, -0.15) is 0 Å². The molecule has 3 unspecified atom stereocenters. The van der Waals surface area contributed by atoms with Crippen LogP contribution in [0, 0.1) is 11.8 Å². The molecule has 2 fully saturated rings. The zero-order valence-corrected chi connectivity index (χ0v) is 20.4. The molecule has 2 aliphatic rings. The monoisotopic (exact) mass is 493 g/mol. The van der Waals surface area contributed by atoms with Gasteiger partial charge in [0.05, 0.1) is 0 Å². The molecule has 0 aromatic rings. The van der Waals surface area contributed by atoms with E-state index >= 15 is 0 Å². The Labute approximate surface area is 182 Å². The summed E-state index contributed by atoms with van der Waals surface area (Å²) in [7, 11) is 1.82. The Balaban J connectivity index is 0.00000364. The van der Waals surface area contributed by atoms with Gasteiger partial charge in [-0.3, -0.25) is 14.7 Å². The second-order valence-electron chi connectivity index (χ2n) is 8.91. The van der Waals surface area contributed by atoms with Crippen LogP contribution in [0.3, 0.4) is 0 Å². The predicted molar refractivity (Wildman–Crippen MR) is 124 cm³/mol. The van der Waals surface area contributed by atoms with Crippen LogP contribution in [0.2, 0.25) is 0 Å². The molecule has 27 heavy (non-hydrogen) atoms. The number of nitrogens with one attached hydrogen (secondary N) is 2. The summed E-state index contributed by atoms with van der Waals surface area (Å²) in [4.78, 5) is 20.8. The van der Waals surface area contributed by atoms with E-state index in [2.05, 4.69) is 48.2 Å². The zero-order chi connectivity index (χ0) is 19.3. The van der Waals surface area contributed by atoms with E-state index in [1.807, 2.05) is 18.9 Å². The van der Waals surface area contributed by atoms with Crippen LogP contribution in [0.5, 0.6) is 0 Å². The number of piperidine rings is 1. The lowest BCUT2D eigenvalue weighted by atomic mass is 9.88. The van der Waals surface area contributed by atoms with Crippen molar-refractivity contribution in [3.05, 3.63) is 0 Å². The number of likely N-dealkylation sites (tertiary alicyclic amines) is 2. The van der Waals surface area contributed by atoms with Gasteiger partial charge < -0.3 is 15.5 Å². The second kappa shape index (κ2) is 10.8. The van der Waals surface area contributed by atoms with Gasteiger partial charge in [-0.1, -0.05) is 20.8 Å². The number of carbonyl (C=O) groups is 1. The quantitative estimate of drug-likeness (QED) is 0.351. The van der Waals surface area contributed by atoms with Crippen molar-refractivity contribution in [3.63, 3.8) is 0 Å². The lowest BCUT2D eigenvalue weighted by Crippen LogP contribution is -2.57. The summed E-state index contributed by atoms with van der Waals surface area (Å²) < 4.78 is 0. The Morgan fingerprint density at radius 3 is 2.37 bits per heavy atom. The molecule has 0 radical (unpaired) electrons. The van der Waals surface area contributed by atoms with Crippen LogP contribution in [0.25, 0.3) is 0 Å². The molecule has 2 saturated heterocycles. The highest BCUT2D eigenvalue weighted by Gasteiger charge is 2.33. The van der Waals surface area contributed by atoms with E-state index in [9.17, 15) is 4.79 Å². The Morgan fingerprint density at radius 2 is 1.81 bits per heavy atom. The highest BCUT2D eigenvalue weighted by molar-refractivity contribution is 14.0. The van der Waals surface area contributed by atoms with Crippen LogP contribution < -0.4 is 10.6 Å². The third-order valence-electron chi connectivity index (χ3n) is 5.82. The van der Waals surface area contributed by atoms with Gasteiger partial charge in [0.2, 0.25) is 5.91 Å². The van der Waals surface area contributed by atoms with Gasteiger partial charge in [0.25, 0.3) is 0 Å². The molecule has 2 N–H and O–H groups in total. The normalized spacial score (nSPS) is 27.3. The second-order valence-corrected chi connectivity index (χ2v) is 8.91. The summed E-state index contributed by atoms with van der Waals surface area (Å²) in [6.07, 6.45) is 2.90. The van der Waals surface area contributed by atoms with Crippen LogP contribution in [0.1, 0.15) is 53.9 Å². The highest BCUT2D eigenvalue weighted by atomic mass is 127. The van der Waals surface area contributed by atoms with E-state index in [0.717, 1.165) is 43.9 Å². The van der Waals surface area contributed by atoms with Gasteiger partial charge in [0, 0.05) is 57.8 Å². The molecule has 158 valence electrons. The van der Waals surface area contributed by atoms with E-state index in [4.69, 9.17) is 0 Å². The van der Waals surface area contributed by atoms with Crippen molar-refractivity contribution >= 4 is 35.8 Å². The highest BCUT2D eigenvalue weighted by Crippen LogP contribution is 2.26. The number of guanidine groups is 1. The van der Waals surface area contributed by atoms with Crippen LogP contribution in [-0.4, -0.2) is 73.0 Å². The van der Waals surface area contributed by atoms with Gasteiger partial charge >= 0.3 is 0 Å². The van der Waals surface area contributed by atoms with E-state index in [-0.39, 0.29) is 41.5 Å². The van der Waals surface area contributed by atoms with Crippen molar-refractivity contribution in [2.75, 3.05) is 39.8 Å². The summed E-state index contributed by atoms with van der Waals surface area (Å²) >= 11 is 0. The Bertz CT molecular complexity index is 501. The van der Waals surface area contributed by atoms with Crippen molar-refractivity contribution in [1.29, 1.82) is 0 Å². The Kier molecular flexibility index (Phi) is 9.82. The number of carbonyl (C=O) groups excluding carboxylic acids is 1. The lowest BCUT2D eigenvalue weighted by molar-refractivity contribution is -0.129. The topological polar surface area (TPSA) is 60.0 Å². The van der Waals surface area contributed by atoms with Gasteiger partial charge in [-0.05, 0) is 38.5 Å². The number of hydrogen-bond donors (Lipinski definition) is 2. The van der Waals surface area contributed by atoms with Gasteiger partial charge in [-0.15, -0.1) is 24.0 Å². The molecule has 3 atom stereocenters. The van der Waals surface area contributed by atoms with E-state index in [1.54, 1.807) is 0 Å². The first-order valence-corrected chi connectivity index (χ1v) is 10.2. The predicted octanol–water partition coefficient (Wildman–Crippen LogP) is 2.54. The fourth-order valence-corrected chi connectivity index (χ4v) is 4.29. The maximum Gasteiger partial charge on any atom is 0.222 e. The molecule has 0 aromatic carbocycles. The van der Waals surface area contributed by atoms with E-state index in [0.29, 0.717) is 6.42 Å². The van der Waals surface area contributed by atoms with Crippen LogP contribution in [0.4, 0.5) is 0 Å². The molecule has 2 rings (SSSR count). The molecule has 7 heteroatoms. The minimum Gasteiger partial charge on any atom is -0.355 e. The first kappa shape index (κ1) is 24.5. The maximum atomic E-state index is 11.8. The molecule has 2 aliphatic heterocycles. The molecule has 6 nitrogen and oxygen atoms in total. The summed E-state index contributed by atoms with van der Waals surface area (Å²) in [6.45, 7) is 16.1. The summed E-state index contributed by atoms with van der Waals surface area (Å²) in [5, 5.41) is 7.01. The number of hydrogen-bond acceptors (Lipinski definition) is 3. The number of aliphatic imine (C=N–C) groups is 1. The lowest BCUT2D eigenvalue weighted by Gasteiger charge is -2.45. The third-order valence-corrected chi connectivity index (χ3v) is 5.82. The summed E-state index contributed by atoms with van der Waals surface area (Å²) in [5.41, 5.74) is 0.0838. The van der Waals surface area contributed by atoms with Crippen molar-refractivity contribution in [3.8, 4) is 0 Å². The summed E-state index contributed by atoms with van der Waals surface area (Å²) in [6, 6.07) is 0.287. The summed E-state index contributed by atoms with van der Waals surface area (Å²) in [5.74, 6) is 2.60. The Hall–Kier alpha value is -0.570. The fourth-order valence-electron chi connectivity index (χ4n) is 4.29. The van der Waals surface area contributed by atoms with Crippen molar-refractivity contribution < 1.29 is 4.79 Å². The SMILES string of the molecule is CCC(=O)N1CCC(NC(=NC)NCC(C)(C)N2CC(C)CC(C)C2)C1.I. The molecule has 0 aromatic heterocycles. The zero-order valence-electron chi connectivity index (χ0n) is 18.0. The van der Waals surface area contributed by atoms with Crippen molar-refractivity contribution in [1.82, 2.24) is 20.4 Å². The number of nitrogens with zero attached hydrogens (tertiary/aromatic N) is 3. The van der Waals surface area contributed by atoms with Gasteiger partial charge in [-0.25, -0.2) is 0 Å². The molecule has 0 spiro atoms. The van der Waals surface area contributed by atoms with Gasteiger partial charge in [0.1, 0.15) is 0 Å². The van der Waals surface area contributed by atoms with Crippen LogP contribution in [-0.2, 0) is 4.79 Å². The molecule has 0 bridgehead atoms. The third kappa shape index (κ3) is 7.07. The first-order valence-electron chi connectivity index (χ1n) is 10.2. The van der Waals surface area contributed by atoms with Gasteiger partial charge in [0.15, 0.2) is 5.96 Å². The molecular weight excluding hydrogens is 453 g/mol. The van der Waals surface area contributed by atoms with E-state index in [1.165, 1.54) is 19.5 Å². The number of amides is 1. The molecule has 0 saturated carbocycles. The molecular formula is C20H40IN5O. The number of halogens is 1. The maximum absolute atomic E-state index is 11.8. The largest absolute Gasteiger partial charge is 0.355 e. The van der Waals surface area contributed by atoms with Crippen LogP contribution in [0.15, 0.2) is 4.99 Å².